The molecule has 5 nitrogen and oxygen atoms in total. The molecule has 0 aliphatic rings. The van der Waals surface area contributed by atoms with E-state index in [4.69, 9.17) is 14.2 Å². The molecule has 64 heavy (non-hydrogen) atoms. The van der Waals surface area contributed by atoms with Gasteiger partial charge in [0.15, 0.2) is 6.10 Å². The molecular formula is C59H98O5. The summed E-state index contributed by atoms with van der Waals surface area (Å²) in [5.74, 6) is -0.478. The highest BCUT2D eigenvalue weighted by atomic mass is 16.6. The average Bonchev–Trinajstić information content (AvgIpc) is 3.30. The molecule has 0 aliphatic carbocycles. The summed E-state index contributed by atoms with van der Waals surface area (Å²) < 4.78 is 17.3. The molecule has 0 fully saturated rings. The largest absolute Gasteiger partial charge is 0.462 e. The molecule has 0 N–H and O–H groups in total. The van der Waals surface area contributed by atoms with Crippen LogP contribution in [0.3, 0.4) is 0 Å². The van der Waals surface area contributed by atoms with Gasteiger partial charge in [0.05, 0.1) is 13.2 Å². The lowest BCUT2D eigenvalue weighted by Crippen LogP contribution is -2.30. The number of carbonyl (C=O) groups is 2. The molecule has 0 aromatic rings. The number of hydrogen-bond donors (Lipinski definition) is 0. The Morgan fingerprint density at radius 2 is 0.703 bits per heavy atom. The lowest BCUT2D eigenvalue weighted by molar-refractivity contribution is -0.162. The number of rotatable bonds is 47. The van der Waals surface area contributed by atoms with E-state index in [-0.39, 0.29) is 25.2 Å². The molecule has 0 saturated carbocycles. The molecule has 0 heterocycles. The summed E-state index contributed by atoms with van der Waals surface area (Å²) in [6, 6.07) is 0. The fourth-order valence-corrected chi connectivity index (χ4v) is 6.94. The first-order valence-corrected chi connectivity index (χ1v) is 26.4. The quantitative estimate of drug-likeness (QED) is 0.0346. The minimum atomic E-state index is -0.598. The van der Waals surface area contributed by atoms with Crippen molar-refractivity contribution >= 4 is 11.9 Å². The van der Waals surface area contributed by atoms with Crippen LogP contribution in [0.5, 0.6) is 0 Å². The number of carbonyl (C=O) groups excluding carboxylic acids is 2. The fourth-order valence-electron chi connectivity index (χ4n) is 6.94. The van der Waals surface area contributed by atoms with Crippen molar-refractivity contribution in [3.05, 3.63) is 109 Å². The third kappa shape index (κ3) is 51.2. The van der Waals surface area contributed by atoms with E-state index < -0.39 is 6.10 Å². The van der Waals surface area contributed by atoms with Crippen molar-refractivity contribution < 1.29 is 23.8 Å². The summed E-state index contributed by atoms with van der Waals surface area (Å²) in [6.07, 6.45) is 74.1. The Morgan fingerprint density at radius 3 is 1.16 bits per heavy atom. The lowest BCUT2D eigenvalue weighted by Gasteiger charge is -2.18. The summed E-state index contributed by atoms with van der Waals surface area (Å²) in [6.45, 7) is 7.35. The lowest BCUT2D eigenvalue weighted by atomic mass is 10.1. The normalized spacial score (nSPS) is 13.1. The van der Waals surface area contributed by atoms with Crippen molar-refractivity contribution in [3.8, 4) is 0 Å². The molecule has 0 aliphatic heterocycles. The standard InChI is InChI=1S/C59H98O5/c1-4-7-10-13-16-19-22-25-27-29-30-31-32-35-37-40-43-46-49-52-58(60)63-56-57(64-59(61)53-50-47-44-41-38-34-24-21-18-15-12-9-6-3)55-62-54-51-48-45-42-39-36-33-28-26-23-20-17-14-11-8-5-2/h8-9,11-12,17-18,20-21,25-28,34,36,38-39,45,48,57H,4-7,10,13-16,19,22-24,29-33,35,37,40-44,46-47,49-56H2,1-3H3/b11-8-,12-9-,20-17-,21-18-,27-25-,28-26-,38-34-,39-36-,48-45-. The van der Waals surface area contributed by atoms with Crippen molar-refractivity contribution in [2.45, 2.75) is 232 Å². The summed E-state index contributed by atoms with van der Waals surface area (Å²) >= 11 is 0. The maximum absolute atomic E-state index is 12.8. The predicted molar refractivity (Wildman–Crippen MR) is 279 cm³/mol. The predicted octanol–water partition coefficient (Wildman–Crippen LogP) is 18.0. The van der Waals surface area contributed by atoms with E-state index in [1.54, 1.807) is 0 Å². The first kappa shape index (κ1) is 60.6. The Bertz CT molecular complexity index is 1280. The topological polar surface area (TPSA) is 61.8 Å². The van der Waals surface area contributed by atoms with Gasteiger partial charge in [0.2, 0.25) is 0 Å². The third-order valence-corrected chi connectivity index (χ3v) is 10.8. The molecule has 0 amide bonds. The Hall–Kier alpha value is -3.44. The number of ether oxygens (including phenoxy) is 3. The van der Waals surface area contributed by atoms with E-state index in [0.29, 0.717) is 19.4 Å². The third-order valence-electron chi connectivity index (χ3n) is 10.8. The van der Waals surface area contributed by atoms with Crippen LogP contribution in [0.25, 0.3) is 0 Å². The number of hydrogen-bond acceptors (Lipinski definition) is 5. The van der Waals surface area contributed by atoms with Crippen LogP contribution in [0.15, 0.2) is 109 Å². The monoisotopic (exact) mass is 887 g/mol. The Balaban J connectivity index is 4.39. The van der Waals surface area contributed by atoms with Crippen molar-refractivity contribution in [2.24, 2.45) is 0 Å². The SMILES string of the molecule is CC/C=C\C/C=C\C/C=C\C/C=C\C/C=C\CCOCC(COC(=O)CCCCCCCCCCC/C=C\CCCCCCCC)OC(=O)CCCCC/C=C\C/C=C\C/C=C\CC. The summed E-state index contributed by atoms with van der Waals surface area (Å²) in [5.41, 5.74) is 0. The van der Waals surface area contributed by atoms with Gasteiger partial charge in [0.1, 0.15) is 6.61 Å². The van der Waals surface area contributed by atoms with Crippen molar-refractivity contribution in [1.29, 1.82) is 0 Å². The van der Waals surface area contributed by atoms with Crippen LogP contribution < -0.4 is 0 Å². The zero-order valence-electron chi connectivity index (χ0n) is 41.8. The van der Waals surface area contributed by atoms with E-state index in [1.807, 2.05) is 0 Å². The number of esters is 2. The molecular weight excluding hydrogens is 789 g/mol. The minimum absolute atomic E-state index is 0.0370. The Labute approximate surface area is 395 Å². The van der Waals surface area contributed by atoms with Crippen molar-refractivity contribution in [1.82, 2.24) is 0 Å². The van der Waals surface area contributed by atoms with Gasteiger partial charge < -0.3 is 14.2 Å². The highest BCUT2D eigenvalue weighted by Gasteiger charge is 2.17. The van der Waals surface area contributed by atoms with Gasteiger partial charge >= 0.3 is 11.9 Å². The Morgan fingerprint density at radius 1 is 0.359 bits per heavy atom. The molecule has 1 unspecified atom stereocenters. The van der Waals surface area contributed by atoms with Crippen LogP contribution in [0.1, 0.15) is 226 Å². The van der Waals surface area contributed by atoms with Gasteiger partial charge in [0.25, 0.3) is 0 Å². The van der Waals surface area contributed by atoms with Crippen LogP contribution in [-0.4, -0.2) is 37.9 Å². The minimum Gasteiger partial charge on any atom is -0.462 e. The molecule has 0 aromatic carbocycles. The highest BCUT2D eigenvalue weighted by molar-refractivity contribution is 5.70. The van der Waals surface area contributed by atoms with Gasteiger partial charge in [-0.1, -0.05) is 214 Å². The van der Waals surface area contributed by atoms with Gasteiger partial charge in [-0.25, -0.2) is 0 Å². The fraction of sp³-hybridized carbons (Fsp3) is 0.661. The zero-order valence-corrected chi connectivity index (χ0v) is 41.8. The van der Waals surface area contributed by atoms with Crippen LogP contribution >= 0.6 is 0 Å². The first-order chi connectivity index (χ1) is 31.6. The van der Waals surface area contributed by atoms with Gasteiger partial charge in [-0.2, -0.15) is 0 Å². The second-order valence-corrected chi connectivity index (χ2v) is 17.0. The number of unbranched alkanes of at least 4 members (excludes halogenated alkanes) is 18. The second-order valence-electron chi connectivity index (χ2n) is 17.0. The van der Waals surface area contributed by atoms with Crippen molar-refractivity contribution in [2.75, 3.05) is 19.8 Å². The van der Waals surface area contributed by atoms with E-state index >= 15 is 0 Å². The molecule has 0 rings (SSSR count). The maximum Gasteiger partial charge on any atom is 0.306 e. The molecule has 5 heteroatoms. The second kappa shape index (κ2) is 53.9. The van der Waals surface area contributed by atoms with Crippen molar-refractivity contribution in [3.63, 3.8) is 0 Å². The molecule has 1 atom stereocenters. The van der Waals surface area contributed by atoms with Crippen LogP contribution in [0.2, 0.25) is 0 Å². The van der Waals surface area contributed by atoms with E-state index in [0.717, 1.165) is 103 Å². The highest BCUT2D eigenvalue weighted by Crippen LogP contribution is 2.14. The summed E-state index contributed by atoms with van der Waals surface area (Å²) in [7, 11) is 0. The summed E-state index contributed by atoms with van der Waals surface area (Å²) in [5, 5.41) is 0. The van der Waals surface area contributed by atoms with Gasteiger partial charge in [0, 0.05) is 12.8 Å². The molecule has 0 spiro atoms. The van der Waals surface area contributed by atoms with Crippen LogP contribution in [0, 0.1) is 0 Å². The zero-order chi connectivity index (χ0) is 46.3. The molecule has 0 aromatic heterocycles. The van der Waals surface area contributed by atoms with Crippen LogP contribution in [-0.2, 0) is 23.8 Å². The van der Waals surface area contributed by atoms with Crippen LogP contribution in [0.4, 0.5) is 0 Å². The molecule has 0 radical (unpaired) electrons. The maximum atomic E-state index is 12.8. The Kier molecular flexibility index (Phi) is 51.0. The van der Waals surface area contributed by atoms with E-state index in [1.165, 1.54) is 89.9 Å². The van der Waals surface area contributed by atoms with Gasteiger partial charge in [-0.15, -0.1) is 0 Å². The van der Waals surface area contributed by atoms with Gasteiger partial charge in [-0.3, -0.25) is 9.59 Å². The van der Waals surface area contributed by atoms with E-state index in [9.17, 15) is 9.59 Å². The molecule has 0 bridgehead atoms. The average molecular weight is 887 g/mol. The first-order valence-electron chi connectivity index (χ1n) is 26.4. The van der Waals surface area contributed by atoms with E-state index in [2.05, 4.69) is 130 Å². The smallest absolute Gasteiger partial charge is 0.306 e. The summed E-state index contributed by atoms with van der Waals surface area (Å²) in [4.78, 5) is 25.4. The molecule has 0 saturated heterocycles. The molecule has 364 valence electrons. The number of allylic oxidation sites excluding steroid dienone is 17. The van der Waals surface area contributed by atoms with Gasteiger partial charge in [-0.05, 0) is 109 Å².